The van der Waals surface area contributed by atoms with Gasteiger partial charge in [0.05, 0.1) is 10.6 Å². The maximum atomic E-state index is 14.0. The molecule has 12 heteroatoms. The Morgan fingerprint density at radius 2 is 1.79 bits per heavy atom. The van der Waals surface area contributed by atoms with E-state index in [1.54, 1.807) is 0 Å². The molecule has 6 nitrogen and oxygen atoms in total. The molecule has 1 amide bonds. The molecule has 2 aromatic carbocycles. The summed E-state index contributed by atoms with van der Waals surface area (Å²) in [6.07, 6.45) is -7.35. The Hall–Kier alpha value is -2.37. The van der Waals surface area contributed by atoms with E-state index in [-0.39, 0.29) is 15.6 Å². The van der Waals surface area contributed by atoms with E-state index in [1.165, 1.54) is 12.1 Å². The highest BCUT2D eigenvalue weighted by Crippen LogP contribution is 2.50. The predicted molar refractivity (Wildman–Crippen MR) is 95.5 cm³/mol. The minimum Gasteiger partial charge on any atom is -0.428 e. The quantitative estimate of drug-likeness (QED) is 0.667. The smallest absolute Gasteiger partial charge is 0.428 e. The number of cyclic esters (lactones) is 1. The molecule has 0 aromatic heterocycles. The lowest BCUT2D eigenvalue weighted by Crippen LogP contribution is -2.51. The van der Waals surface area contributed by atoms with E-state index in [1.807, 2.05) is 4.72 Å². The fourth-order valence-electron chi connectivity index (χ4n) is 2.90. The van der Waals surface area contributed by atoms with Crippen LogP contribution in [0, 0.1) is 5.82 Å². The number of halogens is 5. The van der Waals surface area contributed by atoms with Gasteiger partial charge in [-0.15, -0.1) is 0 Å². The number of amides is 1. The van der Waals surface area contributed by atoms with Crippen LogP contribution in [0.5, 0.6) is 0 Å². The minimum absolute atomic E-state index is 0.0241. The molecule has 1 aliphatic heterocycles. The number of ether oxygens (including phenoxy) is 1. The third kappa shape index (κ3) is 4.16. The number of rotatable bonds is 5. The highest BCUT2D eigenvalue weighted by Gasteiger charge is 2.61. The summed E-state index contributed by atoms with van der Waals surface area (Å²) in [6, 6.07) is 7.23. The van der Waals surface area contributed by atoms with Crippen LogP contribution in [0.2, 0.25) is 5.02 Å². The molecule has 1 aliphatic rings. The minimum atomic E-state index is -5.06. The molecule has 0 saturated carbocycles. The van der Waals surface area contributed by atoms with Crippen molar-refractivity contribution < 1.29 is 35.5 Å². The first-order chi connectivity index (χ1) is 13.4. The number of nitrogens with one attached hydrogen (secondary N) is 2. The standard InChI is InChI=1S/C17H13ClF4N2O4S/c18-10-1-6-14-13(9-10)16(17(20,21)22,28-15(25)24-14)7-8-23-29(26,27)12-4-2-11(19)3-5-12/h1-6,9,23H,7-8H2,(H,24,25). The second kappa shape index (κ2) is 7.47. The largest absolute Gasteiger partial charge is 0.432 e. The molecule has 2 aromatic rings. The van der Waals surface area contributed by atoms with Crippen molar-refractivity contribution in [2.24, 2.45) is 0 Å². The number of carbonyl (C=O) groups is 1. The second-order valence-corrected chi connectivity index (χ2v) is 8.33. The van der Waals surface area contributed by atoms with Gasteiger partial charge in [0.25, 0.3) is 0 Å². The maximum Gasteiger partial charge on any atom is 0.432 e. The van der Waals surface area contributed by atoms with Crippen LogP contribution in [0.15, 0.2) is 47.4 Å². The Labute approximate surface area is 167 Å². The summed E-state index contributed by atoms with van der Waals surface area (Å²) in [7, 11) is -4.22. The van der Waals surface area contributed by atoms with Crippen LogP contribution < -0.4 is 10.0 Å². The number of anilines is 1. The first-order valence-corrected chi connectivity index (χ1v) is 9.93. The van der Waals surface area contributed by atoms with Crippen molar-refractivity contribution in [3.63, 3.8) is 0 Å². The molecule has 0 fully saturated rings. The third-order valence-corrected chi connectivity index (χ3v) is 5.98. The third-order valence-electron chi connectivity index (χ3n) is 4.27. The summed E-state index contributed by atoms with van der Waals surface area (Å²) in [5.41, 5.74) is -3.71. The summed E-state index contributed by atoms with van der Waals surface area (Å²) < 4.78 is 86.1. The van der Waals surface area contributed by atoms with Crippen molar-refractivity contribution in [3.8, 4) is 0 Å². The number of carbonyl (C=O) groups excluding carboxylic acids is 1. The molecule has 1 heterocycles. The Kier molecular flexibility index (Phi) is 5.50. The van der Waals surface area contributed by atoms with E-state index >= 15 is 0 Å². The summed E-state index contributed by atoms with van der Waals surface area (Å²) in [5.74, 6) is -0.671. The summed E-state index contributed by atoms with van der Waals surface area (Å²) >= 11 is 5.81. The van der Waals surface area contributed by atoms with Gasteiger partial charge >= 0.3 is 12.3 Å². The average Bonchev–Trinajstić information content (AvgIpc) is 2.61. The van der Waals surface area contributed by atoms with E-state index in [0.717, 1.165) is 30.3 Å². The molecule has 29 heavy (non-hydrogen) atoms. The molecular weight excluding hydrogens is 440 g/mol. The van der Waals surface area contributed by atoms with Crippen molar-refractivity contribution in [1.29, 1.82) is 0 Å². The van der Waals surface area contributed by atoms with Gasteiger partial charge in [0.1, 0.15) is 5.82 Å². The van der Waals surface area contributed by atoms with Crippen LogP contribution in [-0.2, 0) is 20.4 Å². The van der Waals surface area contributed by atoms with E-state index in [4.69, 9.17) is 11.6 Å². The van der Waals surface area contributed by atoms with Crippen molar-refractivity contribution in [2.45, 2.75) is 23.1 Å². The van der Waals surface area contributed by atoms with Crippen molar-refractivity contribution >= 4 is 33.4 Å². The lowest BCUT2D eigenvalue weighted by Gasteiger charge is -2.39. The molecule has 0 aliphatic carbocycles. The van der Waals surface area contributed by atoms with Crippen LogP contribution in [0.3, 0.4) is 0 Å². The van der Waals surface area contributed by atoms with Crippen LogP contribution in [-0.4, -0.2) is 27.2 Å². The zero-order chi connectivity index (χ0) is 21.4. The van der Waals surface area contributed by atoms with Gasteiger partial charge in [-0.3, -0.25) is 5.32 Å². The summed E-state index contributed by atoms with van der Waals surface area (Å²) in [4.78, 5) is 11.4. The van der Waals surface area contributed by atoms with Crippen LogP contribution >= 0.6 is 11.6 Å². The molecule has 0 radical (unpaired) electrons. The Bertz CT molecular complexity index is 1040. The normalized spacial score (nSPS) is 19.3. The summed E-state index contributed by atoms with van der Waals surface area (Å²) in [5, 5.41) is 2.13. The summed E-state index contributed by atoms with van der Waals surface area (Å²) in [6.45, 7) is -0.724. The first kappa shape index (κ1) is 21.3. The van der Waals surface area contributed by atoms with Gasteiger partial charge in [-0.05, 0) is 42.5 Å². The van der Waals surface area contributed by atoms with Gasteiger partial charge in [-0.2, -0.15) is 13.2 Å². The van der Waals surface area contributed by atoms with E-state index in [2.05, 4.69) is 10.1 Å². The molecular formula is C17H13ClF4N2O4S. The lowest BCUT2D eigenvalue weighted by molar-refractivity contribution is -0.266. The van der Waals surface area contributed by atoms with Gasteiger partial charge < -0.3 is 4.74 Å². The van der Waals surface area contributed by atoms with E-state index in [0.29, 0.717) is 0 Å². The van der Waals surface area contributed by atoms with Crippen molar-refractivity contribution in [1.82, 2.24) is 4.72 Å². The number of benzene rings is 2. The van der Waals surface area contributed by atoms with Crippen molar-refractivity contribution in [2.75, 3.05) is 11.9 Å². The van der Waals surface area contributed by atoms with Gasteiger partial charge in [-0.1, -0.05) is 11.6 Å². The number of hydrogen-bond acceptors (Lipinski definition) is 4. The Morgan fingerprint density at radius 3 is 2.41 bits per heavy atom. The monoisotopic (exact) mass is 452 g/mol. The average molecular weight is 453 g/mol. The van der Waals surface area contributed by atoms with Gasteiger partial charge in [0, 0.05) is 23.6 Å². The van der Waals surface area contributed by atoms with E-state index in [9.17, 15) is 30.8 Å². The molecule has 156 valence electrons. The van der Waals surface area contributed by atoms with Gasteiger partial charge in [-0.25, -0.2) is 22.3 Å². The highest BCUT2D eigenvalue weighted by atomic mass is 35.5. The van der Waals surface area contributed by atoms with Gasteiger partial charge in [0.15, 0.2) is 0 Å². The van der Waals surface area contributed by atoms with Crippen molar-refractivity contribution in [3.05, 3.63) is 58.9 Å². The highest BCUT2D eigenvalue weighted by molar-refractivity contribution is 7.89. The van der Waals surface area contributed by atoms with Gasteiger partial charge in [0.2, 0.25) is 15.6 Å². The number of fused-ring (bicyclic) bond motifs is 1. The first-order valence-electron chi connectivity index (χ1n) is 8.07. The number of alkyl halides is 3. The number of sulfonamides is 1. The molecule has 1 atom stereocenters. The lowest BCUT2D eigenvalue weighted by atomic mass is 9.87. The maximum absolute atomic E-state index is 14.0. The van der Waals surface area contributed by atoms with E-state index < -0.39 is 52.2 Å². The van der Waals surface area contributed by atoms with Crippen LogP contribution in [0.4, 0.5) is 28.0 Å². The molecule has 2 N–H and O–H groups in total. The SMILES string of the molecule is O=C1Nc2ccc(Cl)cc2C(CCNS(=O)(=O)c2ccc(F)cc2)(C(F)(F)F)O1. The Balaban J connectivity index is 1.91. The zero-order valence-electron chi connectivity index (χ0n) is 14.4. The fourth-order valence-corrected chi connectivity index (χ4v) is 4.11. The molecule has 1 unspecified atom stereocenters. The molecule has 0 saturated heterocycles. The van der Waals surface area contributed by atoms with Crippen LogP contribution in [0.25, 0.3) is 0 Å². The zero-order valence-corrected chi connectivity index (χ0v) is 16.0. The second-order valence-electron chi connectivity index (χ2n) is 6.13. The topological polar surface area (TPSA) is 84.5 Å². The molecule has 0 spiro atoms. The number of hydrogen-bond donors (Lipinski definition) is 2. The van der Waals surface area contributed by atoms with Crippen LogP contribution in [0.1, 0.15) is 12.0 Å². The Morgan fingerprint density at radius 1 is 1.14 bits per heavy atom. The molecule has 0 bridgehead atoms. The fraction of sp³-hybridized carbons (Fsp3) is 0.235. The molecule has 3 rings (SSSR count). The predicted octanol–water partition coefficient (Wildman–Crippen LogP) is 4.17.